The van der Waals surface area contributed by atoms with E-state index >= 15 is 0 Å². The highest BCUT2D eigenvalue weighted by molar-refractivity contribution is 6.30. The van der Waals surface area contributed by atoms with Crippen LogP contribution in [0.5, 0.6) is 0 Å². The Hall–Kier alpha value is -2.02. The molecule has 1 aliphatic rings. The van der Waals surface area contributed by atoms with Gasteiger partial charge in [-0.3, -0.25) is 9.69 Å². The van der Waals surface area contributed by atoms with Gasteiger partial charge in [0.1, 0.15) is 11.6 Å². The van der Waals surface area contributed by atoms with Gasteiger partial charge in [-0.2, -0.15) is 0 Å². The van der Waals surface area contributed by atoms with Crippen LogP contribution in [-0.2, 0) is 11.3 Å². The van der Waals surface area contributed by atoms with Gasteiger partial charge in [0, 0.05) is 43.3 Å². The van der Waals surface area contributed by atoms with Crippen LogP contribution in [0.3, 0.4) is 0 Å². The van der Waals surface area contributed by atoms with E-state index in [9.17, 15) is 13.6 Å². The molecule has 3 rings (SSSR count). The second kappa shape index (κ2) is 8.58. The maximum Gasteiger partial charge on any atom is 0.234 e. The van der Waals surface area contributed by atoms with E-state index in [1.54, 1.807) is 0 Å². The highest BCUT2D eigenvalue weighted by Crippen LogP contribution is 2.24. The molecule has 0 aromatic heterocycles. The van der Waals surface area contributed by atoms with Crippen LogP contribution >= 0.6 is 11.6 Å². The lowest BCUT2D eigenvalue weighted by Gasteiger charge is -2.36. The standard InChI is InChI=1S/C19H20ClF2N3O/c20-15-3-1-2-14(8-15)18-11-23-4-5-25(18)12-19(26)24-10-13-6-16(21)9-17(22)7-13/h1-3,6-9,18,23H,4-5,10-12H2,(H,24,26). The van der Waals surface area contributed by atoms with Gasteiger partial charge in [0.2, 0.25) is 5.91 Å². The first kappa shape index (κ1) is 18.8. The zero-order chi connectivity index (χ0) is 18.5. The molecule has 0 spiro atoms. The number of piperazine rings is 1. The predicted octanol–water partition coefficient (Wildman–Crippen LogP) is 2.88. The molecule has 2 aromatic carbocycles. The van der Waals surface area contributed by atoms with E-state index in [4.69, 9.17) is 11.6 Å². The molecule has 4 nitrogen and oxygen atoms in total. The van der Waals surface area contributed by atoms with Gasteiger partial charge in [-0.25, -0.2) is 8.78 Å². The Labute approximate surface area is 156 Å². The van der Waals surface area contributed by atoms with E-state index in [1.807, 2.05) is 24.3 Å². The molecule has 0 radical (unpaired) electrons. The van der Waals surface area contributed by atoms with E-state index in [0.29, 0.717) is 10.6 Å². The third-order valence-electron chi connectivity index (χ3n) is 4.35. The van der Waals surface area contributed by atoms with Crippen LogP contribution < -0.4 is 10.6 Å². The van der Waals surface area contributed by atoms with Gasteiger partial charge in [0.25, 0.3) is 0 Å². The fraction of sp³-hybridized carbons (Fsp3) is 0.316. The van der Waals surface area contributed by atoms with Crippen molar-refractivity contribution in [2.75, 3.05) is 26.2 Å². The number of rotatable bonds is 5. The average molecular weight is 380 g/mol. The Balaban J connectivity index is 1.61. The van der Waals surface area contributed by atoms with Gasteiger partial charge in [0.05, 0.1) is 6.54 Å². The van der Waals surface area contributed by atoms with Crippen molar-refractivity contribution < 1.29 is 13.6 Å². The maximum atomic E-state index is 13.2. The summed E-state index contributed by atoms with van der Waals surface area (Å²) in [5.41, 5.74) is 1.44. The van der Waals surface area contributed by atoms with Crippen LogP contribution in [0, 0.1) is 11.6 Å². The summed E-state index contributed by atoms with van der Waals surface area (Å²) in [4.78, 5) is 14.4. The first-order chi connectivity index (χ1) is 12.5. The normalized spacial score (nSPS) is 17.9. The number of nitrogens with zero attached hydrogens (tertiary/aromatic N) is 1. The minimum absolute atomic E-state index is 0.0415. The van der Waals surface area contributed by atoms with E-state index in [1.165, 1.54) is 12.1 Å². The van der Waals surface area contributed by atoms with Crippen LogP contribution in [-0.4, -0.2) is 37.0 Å². The molecule has 1 aliphatic heterocycles. The topological polar surface area (TPSA) is 44.4 Å². The third-order valence-corrected chi connectivity index (χ3v) is 4.58. The number of hydrogen-bond acceptors (Lipinski definition) is 3. The molecular formula is C19H20ClF2N3O. The van der Waals surface area contributed by atoms with Crippen LogP contribution in [0.4, 0.5) is 8.78 Å². The first-order valence-corrected chi connectivity index (χ1v) is 8.81. The Bertz CT molecular complexity index is 767. The third kappa shape index (κ3) is 5.00. The summed E-state index contributed by atoms with van der Waals surface area (Å²) in [5.74, 6) is -1.50. The second-order valence-electron chi connectivity index (χ2n) is 6.30. The summed E-state index contributed by atoms with van der Waals surface area (Å²) < 4.78 is 26.4. The van der Waals surface area contributed by atoms with Gasteiger partial charge < -0.3 is 10.6 Å². The summed E-state index contributed by atoms with van der Waals surface area (Å²) in [5, 5.41) is 6.71. The SMILES string of the molecule is O=C(CN1CCNCC1c1cccc(Cl)c1)NCc1cc(F)cc(F)c1. The van der Waals surface area contributed by atoms with Gasteiger partial charge in [0.15, 0.2) is 0 Å². The van der Waals surface area contributed by atoms with E-state index < -0.39 is 11.6 Å². The van der Waals surface area contributed by atoms with Crippen molar-refractivity contribution >= 4 is 17.5 Å². The zero-order valence-corrected chi connectivity index (χ0v) is 14.9. The summed E-state index contributed by atoms with van der Waals surface area (Å²) in [6, 6.07) is 10.9. The van der Waals surface area contributed by atoms with Gasteiger partial charge in [-0.15, -0.1) is 0 Å². The molecule has 26 heavy (non-hydrogen) atoms. The minimum Gasteiger partial charge on any atom is -0.351 e. The summed E-state index contributed by atoms with van der Waals surface area (Å²) >= 11 is 6.08. The first-order valence-electron chi connectivity index (χ1n) is 8.43. The molecule has 2 aromatic rings. The van der Waals surface area contributed by atoms with Crippen molar-refractivity contribution in [3.8, 4) is 0 Å². The number of carbonyl (C=O) groups excluding carboxylic acids is 1. The molecule has 138 valence electrons. The van der Waals surface area contributed by atoms with E-state index in [-0.39, 0.29) is 25.0 Å². The van der Waals surface area contributed by atoms with Crippen LogP contribution in [0.2, 0.25) is 5.02 Å². The van der Waals surface area contributed by atoms with Crippen molar-refractivity contribution in [1.82, 2.24) is 15.5 Å². The molecule has 1 heterocycles. The fourth-order valence-corrected chi connectivity index (χ4v) is 3.33. The molecule has 1 fully saturated rings. The number of hydrogen-bond donors (Lipinski definition) is 2. The van der Waals surface area contributed by atoms with Crippen molar-refractivity contribution in [2.45, 2.75) is 12.6 Å². The van der Waals surface area contributed by atoms with Gasteiger partial charge in [-0.1, -0.05) is 23.7 Å². The number of halogens is 3. The zero-order valence-electron chi connectivity index (χ0n) is 14.1. The number of carbonyl (C=O) groups is 1. The molecular weight excluding hydrogens is 360 g/mol. The van der Waals surface area contributed by atoms with Crippen molar-refractivity contribution in [3.63, 3.8) is 0 Å². The fourth-order valence-electron chi connectivity index (χ4n) is 3.13. The quantitative estimate of drug-likeness (QED) is 0.839. The molecule has 1 amide bonds. The number of amides is 1. The van der Waals surface area contributed by atoms with Crippen LogP contribution in [0.15, 0.2) is 42.5 Å². The average Bonchev–Trinajstić information content (AvgIpc) is 2.60. The highest BCUT2D eigenvalue weighted by atomic mass is 35.5. The highest BCUT2D eigenvalue weighted by Gasteiger charge is 2.25. The Morgan fingerprint density at radius 3 is 2.73 bits per heavy atom. The van der Waals surface area contributed by atoms with E-state index in [0.717, 1.165) is 31.3 Å². The molecule has 0 bridgehead atoms. The Morgan fingerprint density at radius 2 is 2.00 bits per heavy atom. The molecule has 1 saturated heterocycles. The molecule has 7 heteroatoms. The summed E-state index contributed by atoms with van der Waals surface area (Å²) in [7, 11) is 0. The largest absolute Gasteiger partial charge is 0.351 e. The van der Waals surface area contributed by atoms with Crippen LogP contribution in [0.1, 0.15) is 17.2 Å². The Kier molecular flexibility index (Phi) is 6.19. The molecule has 2 N–H and O–H groups in total. The smallest absolute Gasteiger partial charge is 0.234 e. The lowest BCUT2D eigenvalue weighted by molar-refractivity contribution is -0.123. The van der Waals surface area contributed by atoms with Crippen molar-refractivity contribution in [1.29, 1.82) is 0 Å². The summed E-state index contributed by atoms with van der Waals surface area (Å²) in [6.45, 7) is 2.53. The molecule has 0 aliphatic carbocycles. The van der Waals surface area contributed by atoms with Crippen LogP contribution in [0.25, 0.3) is 0 Å². The molecule has 1 unspecified atom stereocenters. The number of nitrogens with one attached hydrogen (secondary N) is 2. The Morgan fingerprint density at radius 1 is 1.23 bits per heavy atom. The van der Waals surface area contributed by atoms with Crippen molar-refractivity contribution in [3.05, 3.63) is 70.2 Å². The molecule has 0 saturated carbocycles. The lowest BCUT2D eigenvalue weighted by atomic mass is 10.0. The maximum absolute atomic E-state index is 13.2. The van der Waals surface area contributed by atoms with Crippen molar-refractivity contribution in [2.24, 2.45) is 0 Å². The predicted molar refractivity (Wildman–Crippen MR) is 96.8 cm³/mol. The summed E-state index contributed by atoms with van der Waals surface area (Å²) in [6.07, 6.45) is 0. The minimum atomic E-state index is -0.655. The number of benzene rings is 2. The lowest BCUT2D eigenvalue weighted by Crippen LogP contribution is -2.49. The van der Waals surface area contributed by atoms with Gasteiger partial charge >= 0.3 is 0 Å². The second-order valence-corrected chi connectivity index (χ2v) is 6.74. The molecule has 1 atom stereocenters. The van der Waals surface area contributed by atoms with Gasteiger partial charge in [-0.05, 0) is 35.4 Å². The monoisotopic (exact) mass is 379 g/mol. The van der Waals surface area contributed by atoms with E-state index in [2.05, 4.69) is 15.5 Å².